The zero-order chi connectivity index (χ0) is 18.2. The maximum absolute atomic E-state index is 12.0. The van der Waals surface area contributed by atoms with Crippen LogP contribution in [-0.2, 0) is 9.53 Å². The van der Waals surface area contributed by atoms with E-state index in [-0.39, 0.29) is 18.3 Å². The minimum atomic E-state index is -0.383. The van der Waals surface area contributed by atoms with Crippen molar-refractivity contribution in [2.24, 2.45) is 0 Å². The topological polar surface area (TPSA) is 67.4 Å². The zero-order valence-corrected chi connectivity index (χ0v) is 15.2. The molecule has 2 aromatic rings. The van der Waals surface area contributed by atoms with Crippen LogP contribution < -0.4 is 10.6 Å². The maximum Gasteiger partial charge on any atom is 0.338 e. The first-order valence-corrected chi connectivity index (χ1v) is 8.51. The van der Waals surface area contributed by atoms with E-state index >= 15 is 0 Å². The molecule has 0 radical (unpaired) electrons. The Balaban J connectivity index is 1.79. The molecule has 0 atom stereocenters. The van der Waals surface area contributed by atoms with Gasteiger partial charge in [0.05, 0.1) is 22.2 Å². The molecule has 0 unspecified atom stereocenters. The fraction of sp³-hybridized carbons (Fsp3) is 0.222. The SMILES string of the molecule is CCOC(=O)c1ccc(NC(=O)CCNc2ccc(Cl)c(Cl)c2)cc1. The van der Waals surface area contributed by atoms with Crippen molar-refractivity contribution in [3.63, 3.8) is 0 Å². The summed E-state index contributed by atoms with van der Waals surface area (Å²) < 4.78 is 4.91. The lowest BCUT2D eigenvalue weighted by molar-refractivity contribution is -0.115. The molecule has 2 rings (SSSR count). The molecule has 2 N–H and O–H groups in total. The van der Waals surface area contributed by atoms with Gasteiger partial charge in [0.2, 0.25) is 5.91 Å². The van der Waals surface area contributed by atoms with Crippen molar-refractivity contribution in [2.75, 3.05) is 23.8 Å². The van der Waals surface area contributed by atoms with Gasteiger partial charge < -0.3 is 15.4 Å². The molecule has 0 aliphatic rings. The van der Waals surface area contributed by atoms with Crippen LogP contribution in [0.25, 0.3) is 0 Å². The summed E-state index contributed by atoms with van der Waals surface area (Å²) in [6.07, 6.45) is 0.278. The highest BCUT2D eigenvalue weighted by Gasteiger charge is 2.07. The molecule has 0 saturated carbocycles. The molecule has 1 amide bonds. The van der Waals surface area contributed by atoms with Crippen molar-refractivity contribution >= 4 is 46.5 Å². The number of amides is 1. The average Bonchev–Trinajstić information content (AvgIpc) is 2.59. The van der Waals surface area contributed by atoms with Crippen LogP contribution in [0.4, 0.5) is 11.4 Å². The Morgan fingerprint density at radius 2 is 1.68 bits per heavy atom. The summed E-state index contributed by atoms with van der Waals surface area (Å²) in [5.74, 6) is -0.525. The van der Waals surface area contributed by atoms with Gasteiger partial charge in [-0.1, -0.05) is 23.2 Å². The molecule has 132 valence electrons. The lowest BCUT2D eigenvalue weighted by Gasteiger charge is -2.09. The number of anilines is 2. The van der Waals surface area contributed by atoms with Crippen molar-refractivity contribution in [1.29, 1.82) is 0 Å². The molecule has 0 fully saturated rings. The fourth-order valence-corrected chi connectivity index (χ4v) is 2.35. The monoisotopic (exact) mass is 380 g/mol. The van der Waals surface area contributed by atoms with Crippen molar-refractivity contribution < 1.29 is 14.3 Å². The Hall–Kier alpha value is -2.24. The molecule has 0 aromatic heterocycles. The van der Waals surface area contributed by atoms with E-state index in [4.69, 9.17) is 27.9 Å². The van der Waals surface area contributed by atoms with Gasteiger partial charge in [-0.2, -0.15) is 0 Å². The Bertz CT molecular complexity index is 748. The number of carbonyl (C=O) groups excluding carboxylic acids is 2. The second kappa shape index (κ2) is 9.30. The van der Waals surface area contributed by atoms with Gasteiger partial charge >= 0.3 is 5.97 Å². The molecule has 0 aliphatic carbocycles. The number of esters is 1. The largest absolute Gasteiger partial charge is 0.462 e. The smallest absolute Gasteiger partial charge is 0.338 e. The molecule has 0 saturated heterocycles. The predicted octanol–water partition coefficient (Wildman–Crippen LogP) is 4.61. The lowest BCUT2D eigenvalue weighted by atomic mass is 10.2. The van der Waals surface area contributed by atoms with E-state index in [2.05, 4.69) is 10.6 Å². The van der Waals surface area contributed by atoms with Gasteiger partial charge in [-0.3, -0.25) is 4.79 Å². The highest BCUT2D eigenvalue weighted by Crippen LogP contribution is 2.24. The Morgan fingerprint density at radius 1 is 1.00 bits per heavy atom. The van der Waals surface area contributed by atoms with Crippen LogP contribution >= 0.6 is 23.2 Å². The normalized spacial score (nSPS) is 10.2. The lowest BCUT2D eigenvalue weighted by Crippen LogP contribution is -2.16. The number of halogens is 2. The third kappa shape index (κ3) is 5.96. The number of nitrogens with one attached hydrogen (secondary N) is 2. The van der Waals surface area contributed by atoms with Gasteiger partial charge in [0.15, 0.2) is 0 Å². The van der Waals surface area contributed by atoms with Crippen LogP contribution in [0.5, 0.6) is 0 Å². The summed E-state index contributed by atoms with van der Waals surface area (Å²) in [4.78, 5) is 23.5. The summed E-state index contributed by atoms with van der Waals surface area (Å²) in [6.45, 7) is 2.52. The number of carbonyl (C=O) groups is 2. The molecular formula is C18H18Cl2N2O3. The van der Waals surface area contributed by atoms with E-state index in [0.29, 0.717) is 34.4 Å². The maximum atomic E-state index is 12.0. The number of benzene rings is 2. The molecular weight excluding hydrogens is 363 g/mol. The first-order valence-electron chi connectivity index (χ1n) is 7.75. The van der Waals surface area contributed by atoms with Crippen LogP contribution in [-0.4, -0.2) is 25.0 Å². The molecule has 0 aliphatic heterocycles. The van der Waals surface area contributed by atoms with Gasteiger partial charge in [-0.25, -0.2) is 4.79 Å². The third-order valence-electron chi connectivity index (χ3n) is 3.28. The van der Waals surface area contributed by atoms with Crippen LogP contribution in [0, 0.1) is 0 Å². The highest BCUT2D eigenvalue weighted by atomic mass is 35.5. The number of hydrogen-bond acceptors (Lipinski definition) is 4. The van der Waals surface area contributed by atoms with Crippen LogP contribution in [0.15, 0.2) is 42.5 Å². The molecule has 0 bridgehead atoms. The van der Waals surface area contributed by atoms with E-state index in [9.17, 15) is 9.59 Å². The quantitative estimate of drug-likeness (QED) is 0.688. The standard InChI is InChI=1S/C18H18Cl2N2O3/c1-2-25-18(24)12-3-5-13(6-4-12)22-17(23)9-10-21-14-7-8-15(19)16(20)11-14/h3-8,11,21H,2,9-10H2,1H3,(H,22,23). The van der Waals surface area contributed by atoms with Crippen LogP contribution in [0.1, 0.15) is 23.7 Å². The summed E-state index contributed by atoms with van der Waals surface area (Å²) in [6, 6.07) is 11.7. The third-order valence-corrected chi connectivity index (χ3v) is 4.02. The zero-order valence-electron chi connectivity index (χ0n) is 13.6. The summed E-state index contributed by atoms with van der Waals surface area (Å²) in [5.41, 5.74) is 1.86. The Labute approximate surface area is 156 Å². The summed E-state index contributed by atoms with van der Waals surface area (Å²) >= 11 is 11.8. The van der Waals surface area contributed by atoms with Crippen molar-refractivity contribution in [2.45, 2.75) is 13.3 Å². The molecule has 2 aromatic carbocycles. The van der Waals surface area contributed by atoms with E-state index in [1.807, 2.05) is 0 Å². The Morgan fingerprint density at radius 3 is 2.32 bits per heavy atom. The van der Waals surface area contributed by atoms with E-state index < -0.39 is 0 Å². The van der Waals surface area contributed by atoms with Crippen LogP contribution in [0.3, 0.4) is 0 Å². The molecule has 25 heavy (non-hydrogen) atoms. The van der Waals surface area contributed by atoms with E-state index in [0.717, 1.165) is 5.69 Å². The van der Waals surface area contributed by atoms with Gasteiger partial charge in [-0.05, 0) is 49.4 Å². The second-order valence-corrected chi connectivity index (χ2v) is 5.97. The van der Waals surface area contributed by atoms with Crippen molar-refractivity contribution in [1.82, 2.24) is 0 Å². The molecule has 5 nitrogen and oxygen atoms in total. The summed E-state index contributed by atoms with van der Waals surface area (Å²) in [5, 5.41) is 6.81. The molecule has 0 heterocycles. The van der Waals surface area contributed by atoms with Gasteiger partial charge in [0.1, 0.15) is 0 Å². The van der Waals surface area contributed by atoms with Crippen molar-refractivity contribution in [3.8, 4) is 0 Å². The van der Waals surface area contributed by atoms with Gasteiger partial charge in [0, 0.05) is 24.3 Å². The number of ether oxygens (including phenoxy) is 1. The minimum absolute atomic E-state index is 0.142. The van der Waals surface area contributed by atoms with Gasteiger partial charge in [0.25, 0.3) is 0 Å². The Kier molecular flexibility index (Phi) is 7.10. The predicted molar refractivity (Wildman–Crippen MR) is 101 cm³/mol. The molecule has 0 spiro atoms. The molecule has 7 heteroatoms. The van der Waals surface area contributed by atoms with E-state index in [1.54, 1.807) is 49.4 Å². The van der Waals surface area contributed by atoms with Gasteiger partial charge in [-0.15, -0.1) is 0 Å². The summed E-state index contributed by atoms with van der Waals surface area (Å²) in [7, 11) is 0. The fourth-order valence-electron chi connectivity index (χ4n) is 2.05. The average molecular weight is 381 g/mol. The first kappa shape index (κ1) is 19.1. The van der Waals surface area contributed by atoms with Crippen molar-refractivity contribution in [3.05, 3.63) is 58.1 Å². The minimum Gasteiger partial charge on any atom is -0.462 e. The number of rotatable bonds is 7. The highest BCUT2D eigenvalue weighted by molar-refractivity contribution is 6.42. The van der Waals surface area contributed by atoms with Crippen LogP contribution in [0.2, 0.25) is 10.0 Å². The van der Waals surface area contributed by atoms with E-state index in [1.165, 1.54) is 0 Å². The second-order valence-electron chi connectivity index (χ2n) is 5.15. The number of hydrogen-bond donors (Lipinski definition) is 2. The first-order chi connectivity index (χ1) is 12.0.